The molecule has 1 aromatic rings. The molecule has 1 fully saturated rings. The van der Waals surface area contributed by atoms with Crippen LogP contribution in [0, 0.1) is 0 Å². The molecule has 0 aliphatic carbocycles. The van der Waals surface area contributed by atoms with E-state index in [4.69, 9.17) is 5.11 Å². The molecular weight excluding hydrogens is 254 g/mol. The summed E-state index contributed by atoms with van der Waals surface area (Å²) < 4.78 is 0. The molecule has 5 heteroatoms. The average Bonchev–Trinajstić information content (AvgIpc) is 2.38. The second-order valence-corrected chi connectivity index (χ2v) is 5.92. The first-order valence-electron chi connectivity index (χ1n) is 7.09. The van der Waals surface area contributed by atoms with E-state index in [9.17, 15) is 4.79 Å². The van der Waals surface area contributed by atoms with Gasteiger partial charge in [-0.3, -0.25) is 9.80 Å². The smallest absolute Gasteiger partial charge is 0.354 e. The van der Waals surface area contributed by atoms with Gasteiger partial charge in [-0.2, -0.15) is 0 Å². The van der Waals surface area contributed by atoms with Gasteiger partial charge in [0, 0.05) is 31.7 Å². The van der Waals surface area contributed by atoms with Crippen molar-refractivity contribution in [1.29, 1.82) is 0 Å². The minimum Gasteiger partial charge on any atom is -0.477 e. The standard InChI is InChI=1S/C15H23N3O2/c1-4-18-9-8-17(11-15(18,2)3)10-12-6-5-7-13(16-12)14(19)20/h5-7H,4,8-11H2,1-3H3,(H,19,20). The highest BCUT2D eigenvalue weighted by Crippen LogP contribution is 2.21. The van der Waals surface area contributed by atoms with Gasteiger partial charge in [-0.05, 0) is 32.5 Å². The number of hydrogen-bond acceptors (Lipinski definition) is 4. The molecule has 0 unspecified atom stereocenters. The zero-order valence-corrected chi connectivity index (χ0v) is 12.5. The summed E-state index contributed by atoms with van der Waals surface area (Å²) in [4.78, 5) is 20.0. The Bertz CT molecular complexity index is 488. The molecule has 20 heavy (non-hydrogen) atoms. The normalized spacial score (nSPS) is 19.9. The molecule has 110 valence electrons. The monoisotopic (exact) mass is 277 g/mol. The van der Waals surface area contributed by atoms with Crippen LogP contribution >= 0.6 is 0 Å². The fourth-order valence-electron chi connectivity index (χ4n) is 2.93. The van der Waals surface area contributed by atoms with E-state index in [0.29, 0.717) is 6.54 Å². The van der Waals surface area contributed by atoms with Gasteiger partial charge in [0.25, 0.3) is 0 Å². The third-order valence-corrected chi connectivity index (χ3v) is 3.95. The number of likely N-dealkylation sites (N-methyl/N-ethyl adjacent to an activating group) is 1. The van der Waals surface area contributed by atoms with Crippen LogP contribution in [-0.2, 0) is 6.54 Å². The molecule has 5 nitrogen and oxygen atoms in total. The zero-order chi connectivity index (χ0) is 14.8. The highest BCUT2D eigenvalue weighted by atomic mass is 16.4. The topological polar surface area (TPSA) is 56.7 Å². The lowest BCUT2D eigenvalue weighted by molar-refractivity contribution is 0.0196. The number of carboxylic acids is 1. The maximum Gasteiger partial charge on any atom is 0.354 e. The first-order valence-corrected chi connectivity index (χ1v) is 7.09. The van der Waals surface area contributed by atoms with Crippen molar-refractivity contribution in [1.82, 2.24) is 14.8 Å². The van der Waals surface area contributed by atoms with Crippen LogP contribution in [0.15, 0.2) is 18.2 Å². The Morgan fingerprint density at radius 1 is 1.40 bits per heavy atom. The highest BCUT2D eigenvalue weighted by Gasteiger charge is 2.32. The third kappa shape index (κ3) is 3.35. The number of pyridine rings is 1. The SMILES string of the molecule is CCN1CCN(Cc2cccc(C(=O)O)n2)CC1(C)C. The molecule has 0 atom stereocenters. The minimum atomic E-state index is -0.969. The molecule has 1 aliphatic rings. The molecule has 0 saturated carbocycles. The van der Waals surface area contributed by atoms with Crippen molar-refractivity contribution < 1.29 is 9.90 Å². The van der Waals surface area contributed by atoms with Crippen LogP contribution in [0.5, 0.6) is 0 Å². The van der Waals surface area contributed by atoms with Crippen LogP contribution in [0.1, 0.15) is 37.0 Å². The van der Waals surface area contributed by atoms with Crippen molar-refractivity contribution >= 4 is 5.97 Å². The Morgan fingerprint density at radius 3 is 2.75 bits per heavy atom. The van der Waals surface area contributed by atoms with Crippen LogP contribution in [0.25, 0.3) is 0 Å². The number of aromatic carboxylic acids is 1. The summed E-state index contributed by atoms with van der Waals surface area (Å²) in [5, 5.41) is 8.98. The van der Waals surface area contributed by atoms with Gasteiger partial charge in [0.1, 0.15) is 5.69 Å². The van der Waals surface area contributed by atoms with E-state index in [-0.39, 0.29) is 11.2 Å². The predicted molar refractivity (Wildman–Crippen MR) is 77.8 cm³/mol. The molecule has 1 saturated heterocycles. The van der Waals surface area contributed by atoms with Gasteiger partial charge in [-0.25, -0.2) is 9.78 Å². The number of hydrogen-bond donors (Lipinski definition) is 1. The summed E-state index contributed by atoms with van der Waals surface area (Å²) in [6, 6.07) is 5.19. The van der Waals surface area contributed by atoms with E-state index in [1.807, 2.05) is 6.07 Å². The van der Waals surface area contributed by atoms with E-state index in [2.05, 4.69) is 35.6 Å². The van der Waals surface area contributed by atoms with Gasteiger partial charge in [0.2, 0.25) is 0 Å². The second-order valence-electron chi connectivity index (χ2n) is 5.92. The third-order valence-electron chi connectivity index (χ3n) is 3.95. The molecule has 0 spiro atoms. The molecule has 1 aromatic heterocycles. The lowest BCUT2D eigenvalue weighted by Gasteiger charge is -2.46. The Kier molecular flexibility index (Phi) is 4.40. The molecule has 0 aromatic carbocycles. The van der Waals surface area contributed by atoms with Gasteiger partial charge >= 0.3 is 5.97 Å². The molecular formula is C15H23N3O2. The molecule has 0 radical (unpaired) electrons. The molecule has 2 rings (SSSR count). The lowest BCUT2D eigenvalue weighted by Crippen LogP contribution is -2.58. The van der Waals surface area contributed by atoms with Crippen LogP contribution in [0.3, 0.4) is 0 Å². The first kappa shape index (κ1) is 14.9. The van der Waals surface area contributed by atoms with Gasteiger partial charge in [0.05, 0.1) is 5.69 Å². The Hall–Kier alpha value is -1.46. The van der Waals surface area contributed by atoms with E-state index >= 15 is 0 Å². The first-order chi connectivity index (χ1) is 9.42. The largest absolute Gasteiger partial charge is 0.477 e. The van der Waals surface area contributed by atoms with Crippen molar-refractivity contribution in [3.8, 4) is 0 Å². The summed E-state index contributed by atoms with van der Waals surface area (Å²) in [5.41, 5.74) is 1.09. The molecule has 1 aliphatic heterocycles. The van der Waals surface area contributed by atoms with Crippen LogP contribution in [-0.4, -0.2) is 57.6 Å². The highest BCUT2D eigenvalue weighted by molar-refractivity contribution is 5.85. The quantitative estimate of drug-likeness (QED) is 0.907. The number of aromatic nitrogens is 1. The number of carbonyl (C=O) groups is 1. The maximum atomic E-state index is 10.9. The van der Waals surface area contributed by atoms with Crippen LogP contribution < -0.4 is 0 Å². The fourth-order valence-corrected chi connectivity index (χ4v) is 2.93. The van der Waals surface area contributed by atoms with Gasteiger partial charge in [0.15, 0.2) is 0 Å². The van der Waals surface area contributed by atoms with Crippen molar-refractivity contribution in [2.75, 3.05) is 26.2 Å². The van der Waals surface area contributed by atoms with Crippen molar-refractivity contribution in [2.45, 2.75) is 32.9 Å². The fraction of sp³-hybridized carbons (Fsp3) is 0.600. The van der Waals surface area contributed by atoms with E-state index in [1.54, 1.807) is 6.07 Å². The van der Waals surface area contributed by atoms with Gasteiger partial charge < -0.3 is 5.11 Å². The number of piperazine rings is 1. The molecule has 0 bridgehead atoms. The Balaban J connectivity index is 2.04. The molecule has 2 heterocycles. The maximum absolute atomic E-state index is 10.9. The second kappa shape index (κ2) is 5.89. The number of nitrogens with zero attached hydrogens (tertiary/aromatic N) is 3. The Morgan fingerprint density at radius 2 is 2.15 bits per heavy atom. The van der Waals surface area contributed by atoms with Crippen LogP contribution in [0.2, 0.25) is 0 Å². The number of carboxylic acid groups (broad SMARTS) is 1. The summed E-state index contributed by atoms with van der Waals surface area (Å²) in [5.74, 6) is -0.969. The summed E-state index contributed by atoms with van der Waals surface area (Å²) in [6.07, 6.45) is 0. The van der Waals surface area contributed by atoms with Gasteiger partial charge in [-0.1, -0.05) is 13.0 Å². The van der Waals surface area contributed by atoms with Crippen LogP contribution in [0.4, 0.5) is 0 Å². The lowest BCUT2D eigenvalue weighted by atomic mass is 9.98. The van der Waals surface area contributed by atoms with E-state index < -0.39 is 5.97 Å². The number of rotatable bonds is 4. The summed E-state index contributed by atoms with van der Waals surface area (Å²) in [7, 11) is 0. The minimum absolute atomic E-state index is 0.119. The van der Waals surface area contributed by atoms with Gasteiger partial charge in [-0.15, -0.1) is 0 Å². The van der Waals surface area contributed by atoms with Crippen molar-refractivity contribution in [3.05, 3.63) is 29.6 Å². The average molecular weight is 277 g/mol. The zero-order valence-electron chi connectivity index (χ0n) is 12.5. The molecule has 1 N–H and O–H groups in total. The van der Waals surface area contributed by atoms with Crippen molar-refractivity contribution in [3.63, 3.8) is 0 Å². The summed E-state index contributed by atoms with van der Waals surface area (Å²) in [6.45, 7) is 11.5. The van der Waals surface area contributed by atoms with E-state index in [1.165, 1.54) is 6.07 Å². The van der Waals surface area contributed by atoms with E-state index in [0.717, 1.165) is 31.9 Å². The molecule has 0 amide bonds. The predicted octanol–water partition coefficient (Wildman–Crippen LogP) is 1.70. The summed E-state index contributed by atoms with van der Waals surface area (Å²) >= 11 is 0. The Labute approximate surface area is 120 Å². The van der Waals surface area contributed by atoms with Crippen molar-refractivity contribution in [2.24, 2.45) is 0 Å².